The van der Waals surface area contributed by atoms with E-state index < -0.39 is 11.6 Å². The van der Waals surface area contributed by atoms with Gasteiger partial charge in [0, 0.05) is 19.2 Å². The predicted molar refractivity (Wildman–Crippen MR) is 63.9 cm³/mol. The summed E-state index contributed by atoms with van der Waals surface area (Å²) in [5.74, 6) is -1.12. The first-order chi connectivity index (χ1) is 7.88. The summed E-state index contributed by atoms with van der Waals surface area (Å²) in [7, 11) is 3.39. The molecule has 0 aromatic heterocycles. The van der Waals surface area contributed by atoms with Crippen LogP contribution in [0, 0.1) is 11.6 Å². The Kier molecular flexibility index (Phi) is 4.60. The van der Waals surface area contributed by atoms with Gasteiger partial charge in [-0.25, -0.2) is 8.78 Å². The molecule has 1 aromatic carbocycles. The number of benzene rings is 1. The molecule has 0 fully saturated rings. The molecule has 4 heteroatoms. The van der Waals surface area contributed by atoms with Crippen LogP contribution in [0.4, 0.5) is 8.78 Å². The van der Waals surface area contributed by atoms with Crippen molar-refractivity contribution in [3.8, 4) is 0 Å². The molecular weight excluding hydrogens is 224 g/mol. The Morgan fingerprint density at radius 2 is 1.76 bits per heavy atom. The van der Waals surface area contributed by atoms with Crippen molar-refractivity contribution in [2.24, 2.45) is 0 Å². The summed E-state index contributed by atoms with van der Waals surface area (Å²) in [6.45, 7) is 3.87. The molecule has 2 nitrogen and oxygen atoms in total. The first kappa shape index (κ1) is 14.1. The van der Waals surface area contributed by atoms with Crippen LogP contribution in [0.3, 0.4) is 0 Å². The Labute approximate surface area is 101 Å². The summed E-state index contributed by atoms with van der Waals surface area (Å²) in [5, 5.41) is 3.05. The smallest absolute Gasteiger partial charge is 0.126 e. The first-order valence-corrected chi connectivity index (χ1v) is 5.56. The van der Waals surface area contributed by atoms with Gasteiger partial charge in [0.05, 0.1) is 5.60 Å². The molecule has 0 aliphatic carbocycles. The normalized spacial score (nSPS) is 13.8. The van der Waals surface area contributed by atoms with Crippen molar-refractivity contribution in [1.82, 2.24) is 5.32 Å². The molecule has 0 saturated carbocycles. The van der Waals surface area contributed by atoms with Crippen LogP contribution in [0.15, 0.2) is 18.2 Å². The zero-order chi connectivity index (χ0) is 13.1. The first-order valence-electron chi connectivity index (χ1n) is 5.56. The molecule has 1 N–H and O–H groups in total. The second kappa shape index (κ2) is 5.56. The van der Waals surface area contributed by atoms with Gasteiger partial charge in [0.2, 0.25) is 0 Å². The summed E-state index contributed by atoms with van der Waals surface area (Å²) < 4.78 is 31.6. The fourth-order valence-corrected chi connectivity index (χ4v) is 1.74. The van der Waals surface area contributed by atoms with E-state index in [1.165, 1.54) is 12.1 Å². The molecule has 1 aromatic rings. The topological polar surface area (TPSA) is 21.3 Å². The minimum Gasteiger partial charge on any atom is -0.379 e. The predicted octanol–water partition coefficient (Wildman–Crippen LogP) is 3.04. The second-order valence-electron chi connectivity index (χ2n) is 4.71. The van der Waals surface area contributed by atoms with E-state index in [4.69, 9.17) is 4.74 Å². The molecule has 1 atom stereocenters. The average molecular weight is 243 g/mol. The number of halogens is 2. The van der Waals surface area contributed by atoms with E-state index in [9.17, 15) is 8.78 Å². The van der Waals surface area contributed by atoms with Gasteiger partial charge in [-0.2, -0.15) is 0 Å². The van der Waals surface area contributed by atoms with Crippen molar-refractivity contribution in [1.29, 1.82) is 0 Å². The number of ether oxygens (including phenoxy) is 1. The quantitative estimate of drug-likeness (QED) is 0.858. The van der Waals surface area contributed by atoms with Gasteiger partial charge in [0.1, 0.15) is 11.6 Å². The molecule has 1 rings (SSSR count). The van der Waals surface area contributed by atoms with Gasteiger partial charge in [-0.3, -0.25) is 0 Å². The zero-order valence-corrected chi connectivity index (χ0v) is 10.7. The average Bonchev–Trinajstić information content (AvgIpc) is 2.24. The van der Waals surface area contributed by atoms with E-state index in [0.717, 1.165) is 6.07 Å². The molecule has 96 valence electrons. The van der Waals surface area contributed by atoms with Crippen LogP contribution in [0.2, 0.25) is 0 Å². The molecule has 0 bridgehead atoms. The van der Waals surface area contributed by atoms with E-state index in [1.807, 2.05) is 13.8 Å². The van der Waals surface area contributed by atoms with Crippen molar-refractivity contribution in [3.63, 3.8) is 0 Å². The van der Waals surface area contributed by atoms with Crippen LogP contribution >= 0.6 is 0 Å². The van der Waals surface area contributed by atoms with Crippen LogP contribution < -0.4 is 5.32 Å². The molecule has 0 aliphatic rings. The molecule has 0 spiro atoms. The van der Waals surface area contributed by atoms with Crippen molar-refractivity contribution >= 4 is 0 Å². The summed E-state index contributed by atoms with van der Waals surface area (Å²) in [6.07, 6.45) is 0.628. The molecular formula is C13H19F2NO. The van der Waals surface area contributed by atoms with Crippen LogP contribution in [-0.4, -0.2) is 19.8 Å². The Morgan fingerprint density at radius 1 is 1.24 bits per heavy atom. The molecule has 17 heavy (non-hydrogen) atoms. The largest absolute Gasteiger partial charge is 0.379 e. The van der Waals surface area contributed by atoms with E-state index >= 15 is 0 Å². The highest BCUT2D eigenvalue weighted by Crippen LogP contribution is 2.26. The minimum atomic E-state index is -0.560. The number of rotatable bonds is 5. The fraction of sp³-hybridized carbons (Fsp3) is 0.538. The second-order valence-corrected chi connectivity index (χ2v) is 4.71. The van der Waals surface area contributed by atoms with Crippen molar-refractivity contribution in [2.75, 3.05) is 14.2 Å². The minimum absolute atomic E-state index is 0.143. The van der Waals surface area contributed by atoms with Gasteiger partial charge in [-0.15, -0.1) is 0 Å². The molecule has 1 unspecified atom stereocenters. The van der Waals surface area contributed by atoms with Gasteiger partial charge in [-0.05, 0) is 45.0 Å². The van der Waals surface area contributed by atoms with Crippen molar-refractivity contribution in [3.05, 3.63) is 35.4 Å². The fourth-order valence-electron chi connectivity index (χ4n) is 1.74. The monoisotopic (exact) mass is 243 g/mol. The van der Waals surface area contributed by atoms with E-state index in [1.54, 1.807) is 14.2 Å². The maximum absolute atomic E-state index is 13.1. The lowest BCUT2D eigenvalue weighted by molar-refractivity contribution is 0.00739. The molecule has 0 amide bonds. The highest BCUT2D eigenvalue weighted by molar-refractivity contribution is 5.21. The van der Waals surface area contributed by atoms with Crippen LogP contribution in [0.5, 0.6) is 0 Å². The standard InChI is InChI=1S/C13H19F2NO/c1-13(2,17-4)8-12(16-3)9-5-10(14)7-11(15)6-9/h5-7,12,16H,8H2,1-4H3. The van der Waals surface area contributed by atoms with Gasteiger partial charge in [0.25, 0.3) is 0 Å². The Balaban J connectivity index is 2.93. The SMILES string of the molecule is CNC(CC(C)(C)OC)c1cc(F)cc(F)c1. The number of hydrogen-bond acceptors (Lipinski definition) is 2. The Bertz CT molecular complexity index is 359. The summed E-state index contributed by atoms with van der Waals surface area (Å²) in [5.41, 5.74) is 0.242. The van der Waals surface area contributed by atoms with E-state index in [0.29, 0.717) is 12.0 Å². The van der Waals surface area contributed by atoms with Crippen LogP contribution in [-0.2, 0) is 4.74 Å². The molecule has 0 heterocycles. The van der Waals surface area contributed by atoms with Crippen LogP contribution in [0.1, 0.15) is 31.9 Å². The highest BCUT2D eigenvalue weighted by atomic mass is 19.1. The Morgan fingerprint density at radius 3 is 2.18 bits per heavy atom. The highest BCUT2D eigenvalue weighted by Gasteiger charge is 2.23. The van der Waals surface area contributed by atoms with Crippen molar-refractivity contribution in [2.45, 2.75) is 31.9 Å². The lowest BCUT2D eigenvalue weighted by Crippen LogP contribution is -2.30. The summed E-state index contributed by atoms with van der Waals surface area (Å²) >= 11 is 0. The maximum Gasteiger partial charge on any atom is 0.126 e. The maximum atomic E-state index is 13.1. The van der Waals surface area contributed by atoms with E-state index in [2.05, 4.69) is 5.32 Å². The van der Waals surface area contributed by atoms with Gasteiger partial charge < -0.3 is 10.1 Å². The number of hydrogen-bond donors (Lipinski definition) is 1. The summed E-state index contributed by atoms with van der Waals surface area (Å²) in [6, 6.07) is 3.42. The van der Waals surface area contributed by atoms with Gasteiger partial charge in [0.15, 0.2) is 0 Å². The third kappa shape index (κ3) is 4.06. The van der Waals surface area contributed by atoms with Gasteiger partial charge in [-0.1, -0.05) is 0 Å². The summed E-state index contributed by atoms with van der Waals surface area (Å²) in [4.78, 5) is 0. The zero-order valence-electron chi connectivity index (χ0n) is 10.7. The molecule has 0 radical (unpaired) electrons. The lowest BCUT2D eigenvalue weighted by atomic mass is 9.93. The van der Waals surface area contributed by atoms with E-state index in [-0.39, 0.29) is 11.6 Å². The molecule has 0 saturated heterocycles. The number of methoxy groups -OCH3 is 1. The third-order valence-corrected chi connectivity index (χ3v) is 2.88. The van der Waals surface area contributed by atoms with Crippen LogP contribution in [0.25, 0.3) is 0 Å². The lowest BCUT2D eigenvalue weighted by Gasteiger charge is -2.28. The molecule has 0 aliphatic heterocycles. The number of nitrogens with one attached hydrogen (secondary N) is 1. The third-order valence-electron chi connectivity index (χ3n) is 2.88. The van der Waals surface area contributed by atoms with Crippen molar-refractivity contribution < 1.29 is 13.5 Å². The van der Waals surface area contributed by atoms with Gasteiger partial charge >= 0.3 is 0 Å². The Hall–Kier alpha value is -1.00.